The largest absolute Gasteiger partial charge is 0.388 e. The third-order valence-electron chi connectivity index (χ3n) is 3.35. The summed E-state index contributed by atoms with van der Waals surface area (Å²) in [6, 6.07) is 0. The van der Waals surface area contributed by atoms with Crippen molar-refractivity contribution in [2.45, 2.75) is 51.2 Å². The Hall–Kier alpha value is -0.120. The molecule has 0 aromatic heterocycles. The number of hydrogen-bond donors (Lipinski definition) is 2. The van der Waals surface area contributed by atoms with E-state index in [1.165, 1.54) is 0 Å². The first kappa shape index (κ1) is 12.0. The molecule has 1 aliphatic heterocycles. The summed E-state index contributed by atoms with van der Waals surface area (Å²) in [7, 11) is 0. The van der Waals surface area contributed by atoms with E-state index < -0.39 is 5.60 Å². The minimum absolute atomic E-state index is 0.217. The van der Waals surface area contributed by atoms with Gasteiger partial charge in [0.2, 0.25) is 0 Å². The summed E-state index contributed by atoms with van der Waals surface area (Å²) in [6.07, 6.45) is 4.34. The first-order valence-corrected chi connectivity index (χ1v) is 5.62. The van der Waals surface area contributed by atoms with Gasteiger partial charge in [-0.2, -0.15) is 0 Å². The number of aliphatic hydroxyl groups is 1. The fraction of sp³-hybridized carbons (Fsp3) is 1.00. The summed E-state index contributed by atoms with van der Waals surface area (Å²) in [4.78, 5) is 0. The maximum Gasteiger partial charge on any atom is 0.0793 e. The fourth-order valence-corrected chi connectivity index (χ4v) is 1.91. The molecule has 0 spiro atoms. The molecule has 1 heterocycles. The van der Waals surface area contributed by atoms with Crippen LogP contribution in [0.2, 0.25) is 0 Å². The third kappa shape index (κ3) is 2.94. The molecule has 1 aliphatic rings. The molecule has 0 amide bonds. The molecule has 0 bridgehead atoms. The Morgan fingerprint density at radius 2 is 2.29 bits per heavy atom. The van der Waals surface area contributed by atoms with Gasteiger partial charge in [0.25, 0.3) is 0 Å². The van der Waals surface area contributed by atoms with Crippen LogP contribution >= 0.6 is 0 Å². The SMILES string of the molecule is CC(C)C(O)(CN)CCC1CCCO1. The van der Waals surface area contributed by atoms with E-state index in [0.717, 1.165) is 32.3 Å². The van der Waals surface area contributed by atoms with Gasteiger partial charge >= 0.3 is 0 Å². The van der Waals surface area contributed by atoms with E-state index in [4.69, 9.17) is 10.5 Å². The maximum atomic E-state index is 10.2. The van der Waals surface area contributed by atoms with Gasteiger partial charge in [-0.05, 0) is 31.6 Å². The Bertz CT molecular complexity index is 167. The number of ether oxygens (including phenoxy) is 1. The quantitative estimate of drug-likeness (QED) is 0.704. The molecular weight excluding hydrogens is 178 g/mol. The standard InChI is InChI=1S/C11H23NO2/c1-9(2)11(13,8-12)6-5-10-4-3-7-14-10/h9-10,13H,3-8,12H2,1-2H3. The number of nitrogens with two attached hydrogens (primary N) is 1. The molecule has 0 aliphatic carbocycles. The van der Waals surface area contributed by atoms with Crippen molar-refractivity contribution in [1.82, 2.24) is 0 Å². The molecule has 1 rings (SSSR count). The molecule has 84 valence electrons. The molecular formula is C11H23NO2. The minimum atomic E-state index is -0.702. The van der Waals surface area contributed by atoms with E-state index in [9.17, 15) is 5.11 Å². The van der Waals surface area contributed by atoms with Crippen LogP contribution in [0.15, 0.2) is 0 Å². The molecule has 0 aromatic rings. The molecule has 3 heteroatoms. The summed E-state index contributed by atoms with van der Waals surface area (Å²) in [6.45, 7) is 5.26. The summed E-state index contributed by atoms with van der Waals surface area (Å²) in [5.74, 6) is 0.217. The summed E-state index contributed by atoms with van der Waals surface area (Å²) < 4.78 is 5.52. The van der Waals surface area contributed by atoms with E-state index in [1.807, 2.05) is 13.8 Å². The normalized spacial score (nSPS) is 26.8. The van der Waals surface area contributed by atoms with Crippen LogP contribution in [0.25, 0.3) is 0 Å². The van der Waals surface area contributed by atoms with Gasteiger partial charge in [0.15, 0.2) is 0 Å². The van der Waals surface area contributed by atoms with Crippen molar-refractivity contribution in [2.75, 3.05) is 13.2 Å². The Morgan fingerprint density at radius 1 is 1.57 bits per heavy atom. The number of rotatable bonds is 5. The van der Waals surface area contributed by atoms with E-state index in [0.29, 0.717) is 12.6 Å². The smallest absolute Gasteiger partial charge is 0.0793 e. The highest BCUT2D eigenvalue weighted by Crippen LogP contribution is 2.26. The van der Waals surface area contributed by atoms with Crippen LogP contribution < -0.4 is 5.73 Å². The first-order chi connectivity index (χ1) is 6.58. The second kappa shape index (κ2) is 5.10. The molecule has 0 saturated carbocycles. The molecule has 0 radical (unpaired) electrons. The van der Waals surface area contributed by atoms with Crippen molar-refractivity contribution in [3.05, 3.63) is 0 Å². The van der Waals surface area contributed by atoms with E-state index in [2.05, 4.69) is 0 Å². The van der Waals surface area contributed by atoms with Crippen molar-refractivity contribution in [3.8, 4) is 0 Å². The Morgan fingerprint density at radius 3 is 2.71 bits per heavy atom. The van der Waals surface area contributed by atoms with Crippen molar-refractivity contribution in [2.24, 2.45) is 11.7 Å². The van der Waals surface area contributed by atoms with E-state index in [1.54, 1.807) is 0 Å². The van der Waals surface area contributed by atoms with Crippen LogP contribution in [0.3, 0.4) is 0 Å². The predicted molar refractivity (Wildman–Crippen MR) is 57.1 cm³/mol. The zero-order valence-corrected chi connectivity index (χ0v) is 9.33. The molecule has 2 atom stereocenters. The van der Waals surface area contributed by atoms with Crippen molar-refractivity contribution >= 4 is 0 Å². The van der Waals surface area contributed by atoms with Gasteiger partial charge in [0.1, 0.15) is 0 Å². The lowest BCUT2D eigenvalue weighted by Gasteiger charge is -2.31. The summed E-state index contributed by atoms with van der Waals surface area (Å²) in [5, 5.41) is 10.2. The lowest BCUT2D eigenvalue weighted by atomic mass is 9.85. The molecule has 1 saturated heterocycles. The van der Waals surface area contributed by atoms with Crippen LogP contribution in [-0.2, 0) is 4.74 Å². The van der Waals surface area contributed by atoms with Crippen molar-refractivity contribution in [1.29, 1.82) is 0 Å². The van der Waals surface area contributed by atoms with Gasteiger partial charge in [0, 0.05) is 13.2 Å². The Kier molecular flexibility index (Phi) is 4.35. The highest BCUT2D eigenvalue weighted by atomic mass is 16.5. The van der Waals surface area contributed by atoms with Crippen molar-refractivity contribution in [3.63, 3.8) is 0 Å². The Balaban J connectivity index is 2.32. The van der Waals surface area contributed by atoms with Gasteiger partial charge in [-0.1, -0.05) is 13.8 Å². The van der Waals surface area contributed by atoms with Gasteiger partial charge in [-0.25, -0.2) is 0 Å². The van der Waals surface area contributed by atoms with Gasteiger partial charge in [-0.3, -0.25) is 0 Å². The zero-order valence-electron chi connectivity index (χ0n) is 9.33. The van der Waals surface area contributed by atoms with E-state index in [-0.39, 0.29) is 5.92 Å². The van der Waals surface area contributed by atoms with Gasteiger partial charge in [-0.15, -0.1) is 0 Å². The van der Waals surface area contributed by atoms with Gasteiger partial charge < -0.3 is 15.6 Å². The number of hydrogen-bond acceptors (Lipinski definition) is 3. The summed E-state index contributed by atoms with van der Waals surface area (Å²) >= 11 is 0. The molecule has 14 heavy (non-hydrogen) atoms. The topological polar surface area (TPSA) is 55.5 Å². The van der Waals surface area contributed by atoms with Crippen LogP contribution in [-0.4, -0.2) is 30.0 Å². The average Bonchev–Trinajstić information content (AvgIpc) is 2.66. The maximum absolute atomic E-state index is 10.2. The highest BCUT2D eigenvalue weighted by molar-refractivity contribution is 4.84. The predicted octanol–water partition coefficient (Wildman–Crippen LogP) is 1.29. The molecule has 1 fully saturated rings. The van der Waals surface area contributed by atoms with Crippen LogP contribution in [0.5, 0.6) is 0 Å². The zero-order chi connectivity index (χ0) is 10.6. The fourth-order valence-electron chi connectivity index (χ4n) is 1.91. The third-order valence-corrected chi connectivity index (χ3v) is 3.35. The van der Waals surface area contributed by atoms with Crippen LogP contribution in [0, 0.1) is 5.92 Å². The monoisotopic (exact) mass is 201 g/mol. The molecule has 2 unspecified atom stereocenters. The second-order valence-corrected chi connectivity index (χ2v) is 4.64. The van der Waals surface area contributed by atoms with E-state index >= 15 is 0 Å². The average molecular weight is 201 g/mol. The van der Waals surface area contributed by atoms with Crippen LogP contribution in [0.1, 0.15) is 39.5 Å². The molecule has 3 nitrogen and oxygen atoms in total. The van der Waals surface area contributed by atoms with Gasteiger partial charge in [0.05, 0.1) is 11.7 Å². The Labute approximate surface area is 86.6 Å². The lowest BCUT2D eigenvalue weighted by molar-refractivity contribution is -0.0189. The first-order valence-electron chi connectivity index (χ1n) is 5.62. The summed E-state index contributed by atoms with van der Waals surface area (Å²) in [5.41, 5.74) is 4.90. The van der Waals surface area contributed by atoms with Crippen LogP contribution in [0.4, 0.5) is 0 Å². The lowest BCUT2D eigenvalue weighted by Crippen LogP contribution is -2.43. The second-order valence-electron chi connectivity index (χ2n) is 4.64. The molecule has 3 N–H and O–H groups in total. The highest BCUT2D eigenvalue weighted by Gasteiger charge is 2.30. The minimum Gasteiger partial charge on any atom is -0.388 e. The molecule has 0 aromatic carbocycles. The van der Waals surface area contributed by atoms with Crippen molar-refractivity contribution < 1.29 is 9.84 Å².